The zero-order valence-corrected chi connectivity index (χ0v) is 35.7. The average molecular weight is 953 g/mol. The molecule has 0 unspecified atom stereocenters. The van der Waals surface area contributed by atoms with Gasteiger partial charge in [-0.15, -0.1) is 71.8 Å². The molecule has 0 saturated carbocycles. The van der Waals surface area contributed by atoms with Crippen molar-refractivity contribution >= 4 is 21.8 Å². The fourth-order valence-electron chi connectivity index (χ4n) is 6.84. The van der Waals surface area contributed by atoms with Gasteiger partial charge in [-0.3, -0.25) is 0 Å². The Morgan fingerprint density at radius 1 is 0.475 bits per heavy atom. The van der Waals surface area contributed by atoms with Gasteiger partial charge in [-0.2, -0.15) is 22.9 Å². The molecular formula is C50H37N5O2Pd2. The molecule has 0 spiro atoms. The minimum absolute atomic E-state index is 0. The van der Waals surface area contributed by atoms with Gasteiger partial charge >= 0.3 is 40.8 Å². The molecule has 0 aliphatic rings. The summed E-state index contributed by atoms with van der Waals surface area (Å²) in [5, 5.41) is 1.88. The number of pyridine rings is 2. The Kier molecular flexibility index (Phi) is 12.6. The van der Waals surface area contributed by atoms with Gasteiger partial charge in [0.25, 0.3) is 0 Å². The van der Waals surface area contributed by atoms with Crippen LogP contribution in [0.3, 0.4) is 0 Å². The van der Waals surface area contributed by atoms with E-state index in [1.807, 2.05) is 114 Å². The first-order chi connectivity index (χ1) is 27.9. The van der Waals surface area contributed by atoms with Crippen molar-refractivity contribution in [2.24, 2.45) is 0 Å². The van der Waals surface area contributed by atoms with Gasteiger partial charge in [0.15, 0.2) is 0 Å². The molecule has 4 heterocycles. The summed E-state index contributed by atoms with van der Waals surface area (Å²) in [4.78, 5) is 18.9. The van der Waals surface area contributed by atoms with Crippen molar-refractivity contribution in [3.8, 4) is 62.6 Å². The van der Waals surface area contributed by atoms with Crippen molar-refractivity contribution < 1.29 is 50.3 Å². The van der Waals surface area contributed by atoms with Crippen molar-refractivity contribution in [3.05, 3.63) is 175 Å². The van der Waals surface area contributed by atoms with Crippen molar-refractivity contribution in [1.29, 1.82) is 0 Å². The second-order valence-electron chi connectivity index (χ2n) is 14.5. The third-order valence-electron chi connectivity index (χ3n) is 9.87. The van der Waals surface area contributed by atoms with Gasteiger partial charge in [0.05, 0.1) is 0 Å². The summed E-state index contributed by atoms with van der Waals surface area (Å²) in [5.74, 6) is 3.38. The molecule has 0 N–H and O–H groups in total. The fraction of sp³-hybridized carbons (Fsp3) is 0.120. The van der Waals surface area contributed by atoms with Gasteiger partial charge < -0.3 is 24.0 Å². The summed E-state index contributed by atoms with van der Waals surface area (Å²) in [6, 6.07) is 51.5. The molecule has 5 aromatic carbocycles. The van der Waals surface area contributed by atoms with Crippen molar-refractivity contribution in [2.45, 2.75) is 39.5 Å². The average Bonchev–Trinajstić information content (AvgIpc) is 3.57. The standard InChI is InChI=1S/C50H37N5O2.2Pd/c1-32(2)36-23-37(33(3)4)25-38(24-36)39-30-53-50(54-31-39)55-48-28-42(56-40-13-9-11-34(26-40)46-15-5-7-21-51-46)17-19-44(48)45-20-18-43(29-49(45)55)57-41-14-10-12-35(27-41)47-16-6-8-22-52-47;;/h5-25,30-33H,1-4H3;;/q-4;2*+2. The molecule has 0 atom stereocenters. The predicted octanol–water partition coefficient (Wildman–Crippen LogP) is 12.4. The quantitative estimate of drug-likeness (QED) is 0.100. The zero-order chi connectivity index (χ0) is 38.9. The van der Waals surface area contributed by atoms with Gasteiger partial charge in [-0.1, -0.05) is 93.3 Å². The number of rotatable bonds is 10. The molecule has 0 aliphatic carbocycles. The van der Waals surface area contributed by atoms with Crippen LogP contribution in [0.1, 0.15) is 50.7 Å². The van der Waals surface area contributed by atoms with Gasteiger partial charge in [-0.05, 0) is 52.0 Å². The van der Waals surface area contributed by atoms with E-state index in [0.29, 0.717) is 40.8 Å². The van der Waals surface area contributed by atoms with Crippen LogP contribution in [0.25, 0.3) is 61.4 Å². The second kappa shape index (κ2) is 18.0. The Labute approximate surface area is 371 Å². The van der Waals surface area contributed by atoms with Crippen molar-refractivity contribution in [2.75, 3.05) is 0 Å². The van der Waals surface area contributed by atoms with E-state index >= 15 is 0 Å². The monoisotopic (exact) mass is 951 g/mol. The van der Waals surface area contributed by atoms with E-state index in [9.17, 15) is 0 Å². The topological polar surface area (TPSA) is 75.0 Å². The van der Waals surface area contributed by atoms with Crippen LogP contribution in [0.2, 0.25) is 0 Å². The normalized spacial score (nSPS) is 11.1. The maximum Gasteiger partial charge on any atom is 2.00 e. The summed E-state index contributed by atoms with van der Waals surface area (Å²) in [6.07, 6.45) is 7.31. The molecular weight excluding hydrogens is 915 g/mol. The van der Waals surface area contributed by atoms with E-state index < -0.39 is 0 Å². The number of ether oxygens (including phenoxy) is 2. The number of hydrogen-bond acceptors (Lipinski definition) is 6. The smallest absolute Gasteiger partial charge is 0.503 e. The molecule has 59 heavy (non-hydrogen) atoms. The van der Waals surface area contributed by atoms with Crippen molar-refractivity contribution in [1.82, 2.24) is 24.5 Å². The van der Waals surface area contributed by atoms with Gasteiger partial charge in [0, 0.05) is 53.3 Å². The zero-order valence-electron chi connectivity index (χ0n) is 32.6. The largest absolute Gasteiger partial charge is 2.00 e. The molecule has 0 amide bonds. The number of benzene rings is 5. The summed E-state index contributed by atoms with van der Waals surface area (Å²) in [5.41, 5.74) is 9.38. The van der Waals surface area contributed by atoms with Crippen LogP contribution in [0, 0.1) is 24.3 Å². The third-order valence-corrected chi connectivity index (χ3v) is 9.87. The molecule has 294 valence electrons. The van der Waals surface area contributed by atoms with Crippen LogP contribution in [0.5, 0.6) is 23.0 Å². The van der Waals surface area contributed by atoms with Crippen LogP contribution >= 0.6 is 0 Å². The SMILES string of the molecule is CC(C)c1cc(-c2cnc(-n3c4[c-]c(Oc5[c-]c(-c6ccccn6)ccc5)ccc4c4ccc(Oc5[c-]c(-c6ccccn6)ccc5)[c-]c43)nc2)cc(C(C)C)c1.[Pd+2].[Pd+2]. The first-order valence-electron chi connectivity index (χ1n) is 19.0. The van der Waals surface area contributed by atoms with Crippen LogP contribution in [0.15, 0.2) is 140 Å². The molecule has 7 nitrogen and oxygen atoms in total. The fourth-order valence-corrected chi connectivity index (χ4v) is 6.84. The first kappa shape index (κ1) is 41.4. The summed E-state index contributed by atoms with van der Waals surface area (Å²) in [6.45, 7) is 8.88. The van der Waals surface area contributed by atoms with E-state index in [2.05, 4.69) is 80.1 Å². The molecule has 9 rings (SSSR count). The molecule has 0 fully saturated rings. The predicted molar refractivity (Wildman–Crippen MR) is 225 cm³/mol. The van der Waals surface area contributed by atoms with Crippen LogP contribution in [-0.2, 0) is 40.8 Å². The van der Waals surface area contributed by atoms with Crippen LogP contribution < -0.4 is 9.47 Å². The Morgan fingerprint density at radius 3 is 1.39 bits per heavy atom. The summed E-state index contributed by atoms with van der Waals surface area (Å²) >= 11 is 0. The van der Waals surface area contributed by atoms with E-state index in [-0.39, 0.29) is 40.8 Å². The molecule has 4 aromatic heterocycles. The van der Waals surface area contributed by atoms with E-state index in [0.717, 1.165) is 55.4 Å². The third kappa shape index (κ3) is 8.81. The summed E-state index contributed by atoms with van der Waals surface area (Å²) < 4.78 is 14.7. The van der Waals surface area contributed by atoms with Crippen LogP contribution in [-0.4, -0.2) is 24.5 Å². The molecule has 0 bridgehead atoms. The summed E-state index contributed by atoms with van der Waals surface area (Å²) in [7, 11) is 0. The Morgan fingerprint density at radius 2 is 0.949 bits per heavy atom. The van der Waals surface area contributed by atoms with Crippen LogP contribution in [0.4, 0.5) is 0 Å². The first-order valence-corrected chi connectivity index (χ1v) is 19.0. The molecule has 0 aliphatic heterocycles. The molecule has 0 saturated heterocycles. The van der Waals surface area contributed by atoms with Gasteiger partial charge in [-0.25, -0.2) is 9.97 Å². The second-order valence-corrected chi connectivity index (χ2v) is 14.5. The number of nitrogens with zero attached hydrogens (tertiary/aromatic N) is 5. The Hall–Kier alpha value is -5.80. The molecule has 9 heteroatoms. The molecule has 9 aromatic rings. The maximum atomic E-state index is 6.39. The minimum atomic E-state index is 0. The Bertz CT molecular complexity index is 2690. The maximum absolute atomic E-state index is 6.39. The van der Waals surface area contributed by atoms with E-state index in [4.69, 9.17) is 19.4 Å². The molecule has 0 radical (unpaired) electrons. The van der Waals surface area contributed by atoms with Gasteiger partial charge in [0.1, 0.15) is 0 Å². The van der Waals surface area contributed by atoms with Gasteiger partial charge in [0.2, 0.25) is 5.95 Å². The minimum Gasteiger partial charge on any atom is -0.503 e. The number of aromatic nitrogens is 5. The number of fused-ring (bicyclic) bond motifs is 3. The number of hydrogen-bond donors (Lipinski definition) is 0. The van der Waals surface area contributed by atoms with Crippen molar-refractivity contribution in [3.63, 3.8) is 0 Å². The Balaban J connectivity index is 0.00000264. The van der Waals surface area contributed by atoms with E-state index in [1.54, 1.807) is 12.4 Å². The van der Waals surface area contributed by atoms with E-state index in [1.165, 1.54) is 11.1 Å².